The molecule has 0 bridgehead atoms. The molecule has 9 heteroatoms. The van der Waals surface area contributed by atoms with E-state index in [1.165, 1.54) is 0 Å². The predicted octanol–water partition coefficient (Wildman–Crippen LogP) is 6.44. The first-order valence-corrected chi connectivity index (χ1v) is 16.1. The molecule has 35 heavy (non-hydrogen) atoms. The van der Waals surface area contributed by atoms with Gasteiger partial charge in [-0.1, -0.05) is 32.4 Å². The van der Waals surface area contributed by atoms with Crippen LogP contribution in [0, 0.1) is 0 Å². The van der Waals surface area contributed by atoms with E-state index in [-0.39, 0.29) is 11.1 Å². The zero-order valence-corrected chi connectivity index (χ0v) is 24.5. The molecule has 2 aromatic rings. The van der Waals surface area contributed by atoms with Crippen molar-refractivity contribution < 1.29 is 13.9 Å². The molecule has 1 saturated heterocycles. The van der Waals surface area contributed by atoms with E-state index in [0.29, 0.717) is 36.0 Å². The smallest absolute Gasteiger partial charge is 0.240 e. The molecule has 0 N–H and O–H groups in total. The van der Waals surface area contributed by atoms with Gasteiger partial charge >= 0.3 is 0 Å². The van der Waals surface area contributed by atoms with Gasteiger partial charge in [0.25, 0.3) is 0 Å². The second-order valence-electron chi connectivity index (χ2n) is 11.1. The summed E-state index contributed by atoms with van der Waals surface area (Å²) in [7, 11) is 0.376. The highest BCUT2D eigenvalue weighted by atomic mass is 35.5. The van der Waals surface area contributed by atoms with Crippen molar-refractivity contribution >= 4 is 19.9 Å². The largest absolute Gasteiger partial charge is 0.490 e. The summed E-state index contributed by atoms with van der Waals surface area (Å²) in [6.45, 7) is 18.7. The Morgan fingerprint density at radius 2 is 1.89 bits per heavy atom. The number of nitrogens with zero attached hydrogens (tertiary/aromatic N) is 4. The molecule has 0 amide bonds. The van der Waals surface area contributed by atoms with Crippen molar-refractivity contribution in [3.63, 3.8) is 0 Å². The molecule has 1 unspecified atom stereocenters. The number of hydrogen-bond acceptors (Lipinski definition) is 6. The maximum Gasteiger partial charge on any atom is 0.240 e. The molecule has 196 valence electrons. The lowest BCUT2D eigenvalue weighted by atomic mass is 10.1. The molecule has 1 aliphatic rings. The SMILES string of the molecule is CCOc1nn(C2CCN(C)CC2)cc1-c1cnc(Cl)cc1OC(C)CCO[Si](C)(C)C(C)(C)C. The highest BCUT2D eigenvalue weighted by molar-refractivity contribution is 6.74. The van der Waals surface area contributed by atoms with Gasteiger partial charge in [-0.15, -0.1) is 5.10 Å². The fourth-order valence-electron chi connectivity index (χ4n) is 3.93. The zero-order valence-electron chi connectivity index (χ0n) is 22.7. The fourth-order valence-corrected chi connectivity index (χ4v) is 5.14. The van der Waals surface area contributed by atoms with Crippen molar-refractivity contribution in [1.29, 1.82) is 0 Å². The molecular formula is C26H43ClN4O3Si. The van der Waals surface area contributed by atoms with Crippen molar-refractivity contribution in [1.82, 2.24) is 19.7 Å². The summed E-state index contributed by atoms with van der Waals surface area (Å²) >= 11 is 6.28. The molecular weight excluding hydrogens is 480 g/mol. The summed E-state index contributed by atoms with van der Waals surface area (Å²) in [4.78, 5) is 6.70. The summed E-state index contributed by atoms with van der Waals surface area (Å²) in [6, 6.07) is 2.14. The van der Waals surface area contributed by atoms with Crippen LogP contribution in [-0.4, -0.2) is 67.4 Å². The van der Waals surface area contributed by atoms with Gasteiger partial charge in [0.05, 0.1) is 24.3 Å². The molecule has 3 heterocycles. The van der Waals surface area contributed by atoms with E-state index in [1.807, 2.05) is 6.92 Å². The number of rotatable bonds is 10. The quantitative estimate of drug-likeness (QED) is 0.264. The topological polar surface area (TPSA) is 61.6 Å². The highest BCUT2D eigenvalue weighted by Crippen LogP contribution is 2.39. The van der Waals surface area contributed by atoms with Gasteiger partial charge in [0.15, 0.2) is 8.32 Å². The van der Waals surface area contributed by atoms with Gasteiger partial charge in [-0.2, -0.15) is 0 Å². The lowest BCUT2D eigenvalue weighted by Crippen LogP contribution is -2.41. The Hall–Kier alpha value is -1.61. The van der Waals surface area contributed by atoms with E-state index in [0.717, 1.165) is 43.5 Å². The third-order valence-corrected chi connectivity index (χ3v) is 12.0. The lowest BCUT2D eigenvalue weighted by Gasteiger charge is -2.36. The number of aromatic nitrogens is 3. The standard InChI is InChI=1S/C26H43ClN4O3Si/c1-9-32-25-22(18-31(29-25)20-10-13-30(6)14-11-20)21-17-28-24(27)16-23(21)34-19(2)12-15-33-35(7,8)26(3,4)5/h16-20H,9-15H2,1-8H3. The second-order valence-corrected chi connectivity index (χ2v) is 16.3. The molecule has 3 rings (SSSR count). The minimum atomic E-state index is -1.79. The van der Waals surface area contributed by atoms with Crippen molar-refractivity contribution in [2.45, 2.75) is 84.2 Å². The minimum Gasteiger partial charge on any atom is -0.490 e. The van der Waals surface area contributed by atoms with Crippen LogP contribution in [0.4, 0.5) is 0 Å². The first-order valence-electron chi connectivity index (χ1n) is 12.8. The Balaban J connectivity index is 1.79. The van der Waals surface area contributed by atoms with Gasteiger partial charge in [0.2, 0.25) is 5.88 Å². The molecule has 1 fully saturated rings. The summed E-state index contributed by atoms with van der Waals surface area (Å²) in [5.74, 6) is 1.29. The van der Waals surface area contributed by atoms with Crippen LogP contribution in [0.5, 0.6) is 11.6 Å². The van der Waals surface area contributed by atoms with Gasteiger partial charge in [-0.25, -0.2) is 4.98 Å². The van der Waals surface area contributed by atoms with Gasteiger partial charge in [0, 0.05) is 37.1 Å². The minimum absolute atomic E-state index is 0.0449. The second kappa shape index (κ2) is 11.6. The van der Waals surface area contributed by atoms with E-state index in [4.69, 9.17) is 30.6 Å². The van der Waals surface area contributed by atoms with Crippen molar-refractivity contribution in [2.75, 3.05) is 33.4 Å². The van der Waals surface area contributed by atoms with E-state index < -0.39 is 8.32 Å². The molecule has 0 saturated carbocycles. The third kappa shape index (κ3) is 7.21. The number of piperidine rings is 1. The molecule has 1 aliphatic heterocycles. The molecule has 7 nitrogen and oxygen atoms in total. The third-order valence-electron chi connectivity index (χ3n) is 7.29. The van der Waals surface area contributed by atoms with Crippen LogP contribution in [0.3, 0.4) is 0 Å². The Morgan fingerprint density at radius 1 is 1.20 bits per heavy atom. The molecule has 0 aromatic carbocycles. The van der Waals surface area contributed by atoms with Gasteiger partial charge in [-0.3, -0.25) is 4.68 Å². The fraction of sp³-hybridized carbons (Fsp3) is 0.692. The van der Waals surface area contributed by atoms with Gasteiger partial charge in [-0.05, 0) is 65.0 Å². The van der Waals surface area contributed by atoms with E-state index in [9.17, 15) is 0 Å². The lowest BCUT2D eigenvalue weighted by molar-refractivity contribution is 0.171. The Morgan fingerprint density at radius 3 is 2.51 bits per heavy atom. The van der Waals surface area contributed by atoms with E-state index in [1.54, 1.807) is 12.3 Å². The molecule has 0 radical (unpaired) electrons. The van der Waals surface area contributed by atoms with Crippen LogP contribution in [0.2, 0.25) is 23.3 Å². The summed E-state index contributed by atoms with van der Waals surface area (Å²) in [6.07, 6.45) is 6.71. The summed E-state index contributed by atoms with van der Waals surface area (Å²) < 4.78 is 20.7. The average molecular weight is 523 g/mol. The molecule has 0 aliphatic carbocycles. The van der Waals surface area contributed by atoms with Crippen LogP contribution in [-0.2, 0) is 4.43 Å². The number of pyridine rings is 1. The summed E-state index contributed by atoms with van der Waals surface area (Å²) in [5.41, 5.74) is 1.73. The Bertz CT molecular complexity index is 968. The molecule has 1 atom stereocenters. The van der Waals surface area contributed by atoms with Crippen LogP contribution < -0.4 is 9.47 Å². The molecule has 0 spiro atoms. The van der Waals surface area contributed by atoms with Crippen molar-refractivity contribution in [2.24, 2.45) is 0 Å². The zero-order chi connectivity index (χ0) is 25.8. The Labute approximate surface area is 217 Å². The monoisotopic (exact) mass is 522 g/mol. The van der Waals surface area contributed by atoms with Gasteiger partial charge in [0.1, 0.15) is 10.9 Å². The first-order chi connectivity index (χ1) is 16.4. The van der Waals surface area contributed by atoms with Crippen LogP contribution >= 0.6 is 11.6 Å². The van der Waals surface area contributed by atoms with Crippen molar-refractivity contribution in [3.05, 3.63) is 23.6 Å². The first kappa shape index (κ1) is 28.0. The number of hydrogen-bond donors (Lipinski definition) is 0. The van der Waals surface area contributed by atoms with E-state index >= 15 is 0 Å². The van der Waals surface area contributed by atoms with Crippen LogP contribution in [0.25, 0.3) is 11.1 Å². The normalized spacial score (nSPS) is 16.9. The average Bonchev–Trinajstić information content (AvgIpc) is 3.17. The number of likely N-dealkylation sites (tertiary alicyclic amines) is 1. The summed E-state index contributed by atoms with van der Waals surface area (Å²) in [5, 5.41) is 5.40. The predicted molar refractivity (Wildman–Crippen MR) is 145 cm³/mol. The Kier molecular flexibility index (Phi) is 9.29. The maximum atomic E-state index is 6.39. The maximum absolute atomic E-state index is 6.39. The highest BCUT2D eigenvalue weighted by Gasteiger charge is 2.37. The van der Waals surface area contributed by atoms with Crippen molar-refractivity contribution in [3.8, 4) is 22.8 Å². The van der Waals surface area contributed by atoms with Crippen LogP contribution in [0.15, 0.2) is 18.5 Å². The van der Waals surface area contributed by atoms with Gasteiger partial charge < -0.3 is 18.8 Å². The number of ether oxygens (including phenoxy) is 2. The number of halogens is 1. The van der Waals surface area contributed by atoms with Crippen LogP contribution in [0.1, 0.15) is 59.9 Å². The van der Waals surface area contributed by atoms with E-state index in [2.05, 4.69) is 68.6 Å². The molecule has 2 aromatic heterocycles.